The number of alkyl halides is 1. The van der Waals surface area contributed by atoms with E-state index in [9.17, 15) is 52.7 Å². The van der Waals surface area contributed by atoms with Crippen molar-refractivity contribution in [3.8, 4) is 0 Å². The van der Waals surface area contributed by atoms with Crippen LogP contribution in [-0.4, -0.2) is 135 Å². The van der Waals surface area contributed by atoms with Crippen LogP contribution in [0.3, 0.4) is 0 Å². The van der Waals surface area contributed by atoms with Crippen molar-refractivity contribution in [3.05, 3.63) is 23.3 Å². The van der Waals surface area contributed by atoms with Crippen LogP contribution in [0.1, 0.15) is 53.4 Å². The Morgan fingerprint density at radius 1 is 0.686 bits per heavy atom. The van der Waals surface area contributed by atoms with Crippen molar-refractivity contribution in [3.63, 3.8) is 0 Å². The number of hydrogen-bond acceptors (Lipinski definition) is 15. The van der Waals surface area contributed by atoms with E-state index in [4.69, 9.17) is 62.0 Å². The summed E-state index contributed by atoms with van der Waals surface area (Å²) in [6.07, 6.45) is -3.04. The highest BCUT2D eigenvalue weighted by molar-refractivity contribution is 6.31. The normalized spacial score (nSPS) is 16.5. The molecular weight excluding hydrogens is 724 g/mol. The Hall–Kier alpha value is -5.96. The maximum Gasteiger partial charge on any atom is 0.373 e. The highest BCUT2D eigenvalue weighted by atomic mass is 35.5. The average molecular weight is 757 g/mol. The number of Topliss-reactive ketones (excluding diaryl/α,β-unsaturated/α-hetero) is 2. The van der Waals surface area contributed by atoms with Crippen LogP contribution in [0.5, 0.6) is 0 Å². The molecule has 0 aliphatic carbocycles. The van der Waals surface area contributed by atoms with E-state index in [1.807, 2.05) is 0 Å². The van der Waals surface area contributed by atoms with Gasteiger partial charge in [0.25, 0.3) is 0 Å². The number of carbonyl (C=O) groups excluding carboxylic acids is 6. The summed E-state index contributed by atoms with van der Waals surface area (Å²) in [7, 11) is 0. The molecule has 0 bridgehead atoms. The number of halogens is 1. The number of ether oxygens (including phenoxy) is 1. The van der Waals surface area contributed by atoms with Crippen molar-refractivity contribution >= 4 is 82.7 Å². The first-order valence-electron chi connectivity index (χ1n) is 13.1. The molecule has 8 N–H and O–H groups in total. The van der Waals surface area contributed by atoms with E-state index in [2.05, 4.69) is 4.74 Å². The minimum absolute atomic E-state index is 0.250. The molecule has 0 saturated carbocycles. The second-order valence-electron chi connectivity index (χ2n) is 9.45. The lowest BCUT2D eigenvalue weighted by Gasteiger charge is -2.10. The third-order valence-corrected chi connectivity index (χ3v) is 5.54. The summed E-state index contributed by atoms with van der Waals surface area (Å²) < 4.78 is 4.61. The molecule has 4 atom stereocenters. The van der Waals surface area contributed by atoms with Gasteiger partial charge in [-0.15, -0.1) is 11.6 Å². The molecule has 1 aliphatic heterocycles. The second-order valence-corrected chi connectivity index (χ2v) is 9.92. The van der Waals surface area contributed by atoms with Gasteiger partial charge in [0.2, 0.25) is 5.60 Å². The zero-order valence-corrected chi connectivity index (χ0v) is 27.6. The SMILES string of the molecule is CC(=O)/C=C(/CC(=O)O)C(=O)O.CC(=O)/C=C(\CC(=O)O)C(=O)O.CC(=O)C(Cl)C(O)CC(=O)O.CC(=O)C1OC1(CC(=O)O)C(=O)O.O=C=O. The summed E-state index contributed by atoms with van der Waals surface area (Å²) in [5.41, 5.74) is -2.64. The van der Waals surface area contributed by atoms with Crippen LogP contribution in [0.25, 0.3) is 0 Å². The van der Waals surface area contributed by atoms with E-state index in [1.54, 1.807) is 0 Å². The summed E-state index contributed by atoms with van der Waals surface area (Å²) in [5.74, 6) is -11.0. The van der Waals surface area contributed by atoms with Crippen LogP contribution in [-0.2, 0) is 67.1 Å². The predicted octanol–water partition coefficient (Wildman–Crippen LogP) is -1.17. The molecule has 284 valence electrons. The van der Waals surface area contributed by atoms with Crippen molar-refractivity contribution in [2.45, 2.75) is 76.6 Å². The van der Waals surface area contributed by atoms with Crippen molar-refractivity contribution in [2.24, 2.45) is 0 Å². The van der Waals surface area contributed by atoms with Crippen LogP contribution in [0.2, 0.25) is 0 Å². The molecule has 4 unspecified atom stereocenters. The van der Waals surface area contributed by atoms with Crippen LogP contribution < -0.4 is 0 Å². The second kappa shape index (κ2) is 26.0. The number of aliphatic carboxylic acids is 7. The lowest BCUT2D eigenvalue weighted by Crippen LogP contribution is -2.32. The molecule has 1 fully saturated rings. The zero-order chi connectivity index (χ0) is 41.4. The number of rotatable bonds is 16. The Kier molecular flexibility index (Phi) is 26.4. The molecule has 0 radical (unpaired) electrons. The number of epoxide rings is 1. The Morgan fingerprint density at radius 3 is 1.22 bits per heavy atom. The van der Waals surface area contributed by atoms with Crippen LogP contribution in [0.4, 0.5) is 0 Å². The summed E-state index contributed by atoms with van der Waals surface area (Å²) in [4.78, 5) is 130. The highest BCUT2D eigenvalue weighted by Gasteiger charge is 2.66. The number of aliphatic hydroxyl groups excluding tert-OH is 1. The lowest BCUT2D eigenvalue weighted by molar-refractivity contribution is -0.192. The number of aliphatic hydroxyl groups is 1. The van der Waals surface area contributed by atoms with Gasteiger partial charge in [-0.3, -0.25) is 38.4 Å². The van der Waals surface area contributed by atoms with Gasteiger partial charge in [0.1, 0.15) is 11.2 Å². The third-order valence-electron chi connectivity index (χ3n) is 4.94. The van der Waals surface area contributed by atoms with Gasteiger partial charge in [-0.25, -0.2) is 14.4 Å². The first-order chi connectivity index (χ1) is 23.1. The molecule has 23 heteroatoms. The first-order valence-corrected chi connectivity index (χ1v) is 13.6. The Morgan fingerprint density at radius 2 is 1.04 bits per heavy atom. The van der Waals surface area contributed by atoms with Gasteiger partial charge in [-0.1, -0.05) is 0 Å². The maximum absolute atomic E-state index is 10.7. The number of carboxylic acid groups (broad SMARTS) is 7. The topological polar surface area (TPSA) is 396 Å². The zero-order valence-electron chi connectivity index (χ0n) is 26.9. The molecule has 0 aromatic heterocycles. The van der Waals surface area contributed by atoms with Crippen molar-refractivity contribution in [2.75, 3.05) is 0 Å². The molecule has 1 aliphatic rings. The van der Waals surface area contributed by atoms with Gasteiger partial charge in [-0.2, -0.15) is 9.59 Å². The summed E-state index contributed by atoms with van der Waals surface area (Å²) >= 11 is 5.35. The fourth-order valence-corrected chi connectivity index (χ4v) is 3.02. The number of carboxylic acids is 7. The highest BCUT2D eigenvalue weighted by Crippen LogP contribution is 2.40. The van der Waals surface area contributed by atoms with Gasteiger partial charge < -0.3 is 45.6 Å². The number of ketones is 4. The van der Waals surface area contributed by atoms with E-state index in [1.165, 1.54) is 6.92 Å². The largest absolute Gasteiger partial charge is 0.481 e. The lowest BCUT2D eigenvalue weighted by atomic mass is 9.99. The van der Waals surface area contributed by atoms with E-state index in [0.717, 1.165) is 32.9 Å². The average Bonchev–Trinajstić information content (AvgIpc) is 3.67. The Bertz CT molecular complexity index is 1400. The summed E-state index contributed by atoms with van der Waals surface area (Å²) in [5, 5.41) is 66.2. The van der Waals surface area contributed by atoms with Gasteiger partial charge >= 0.3 is 47.9 Å². The van der Waals surface area contributed by atoms with E-state index in [0.29, 0.717) is 0 Å². The minimum atomic E-state index is -1.82. The van der Waals surface area contributed by atoms with Gasteiger partial charge in [-0.05, 0) is 39.8 Å². The molecule has 0 aromatic rings. The fraction of sp³-hybridized carbons (Fsp3) is 0.429. The van der Waals surface area contributed by atoms with E-state index < -0.39 is 125 Å². The van der Waals surface area contributed by atoms with Crippen LogP contribution in [0, 0.1) is 0 Å². The number of allylic oxidation sites excluding steroid dienone is 2. The summed E-state index contributed by atoms with van der Waals surface area (Å²) in [6.45, 7) is 4.68. The standard InChI is InChI=1S/C7H8O6.2C7H8O5.C6H9ClO4.CO2/c1-3(8)5-7(13-5,6(11)12)2-4(9)10;2*1-4(8)2-5(7(11)12)3-6(9)10;1-3(8)6(7)4(9)2-5(10)11;2-1-3/h5H,2H2,1H3,(H,9,10)(H,11,12);2*2H,3H2,1H3,(H,9,10)(H,11,12);4,6,9H,2H2,1H3,(H,10,11);/b;5-2+;5-2-;;. The molecule has 0 spiro atoms. The molecule has 0 aromatic carbocycles. The van der Waals surface area contributed by atoms with Crippen LogP contribution >= 0.6 is 11.6 Å². The predicted molar refractivity (Wildman–Crippen MR) is 159 cm³/mol. The Balaban J connectivity index is -0.000000282. The van der Waals surface area contributed by atoms with Gasteiger partial charge in [0, 0.05) is 0 Å². The molecule has 1 saturated heterocycles. The molecule has 1 rings (SSSR count). The molecule has 22 nitrogen and oxygen atoms in total. The van der Waals surface area contributed by atoms with Crippen molar-refractivity contribution in [1.29, 1.82) is 0 Å². The van der Waals surface area contributed by atoms with E-state index in [-0.39, 0.29) is 6.15 Å². The monoisotopic (exact) mass is 756 g/mol. The van der Waals surface area contributed by atoms with Gasteiger partial charge in [0.05, 0.1) is 42.9 Å². The van der Waals surface area contributed by atoms with Crippen molar-refractivity contribution in [1.82, 2.24) is 0 Å². The number of hydrogen-bond donors (Lipinski definition) is 8. The van der Waals surface area contributed by atoms with Crippen LogP contribution in [0.15, 0.2) is 23.3 Å². The van der Waals surface area contributed by atoms with E-state index >= 15 is 0 Å². The quantitative estimate of drug-likeness (QED) is 0.0522. The molecule has 51 heavy (non-hydrogen) atoms. The fourth-order valence-electron chi connectivity index (χ4n) is 2.93. The van der Waals surface area contributed by atoms with Crippen molar-refractivity contribution < 1.29 is 108 Å². The minimum Gasteiger partial charge on any atom is -0.481 e. The maximum atomic E-state index is 10.7. The molecule has 0 amide bonds. The summed E-state index contributed by atoms with van der Waals surface area (Å²) in [6, 6.07) is 0. The first kappa shape index (κ1) is 51.9. The number of carbonyl (C=O) groups is 11. The van der Waals surface area contributed by atoms with Gasteiger partial charge in [0.15, 0.2) is 23.5 Å². The molecular formula is C28H33ClO22. The smallest absolute Gasteiger partial charge is 0.373 e. The third kappa shape index (κ3) is 26.7. The Labute approximate surface area is 290 Å². The molecule has 1 heterocycles.